The summed E-state index contributed by atoms with van der Waals surface area (Å²) in [5, 5.41) is 8.56. The number of hydrogen-bond acceptors (Lipinski definition) is 3. The molecule has 1 N–H and O–H groups in total. The molecule has 0 bridgehead atoms. The summed E-state index contributed by atoms with van der Waals surface area (Å²) in [6, 6.07) is 0. The molecule has 1 aliphatic carbocycles. The first-order valence-corrected chi connectivity index (χ1v) is 8.30. The molecule has 0 aromatic rings. The summed E-state index contributed by atoms with van der Waals surface area (Å²) in [4.78, 5) is 24.4. The molecule has 0 aromatic heterocycles. The molecule has 0 unspecified atom stereocenters. The largest absolute Gasteiger partial charge is 0.481 e. The van der Waals surface area contributed by atoms with Gasteiger partial charge in [0.05, 0.1) is 12.2 Å². The fourth-order valence-electron chi connectivity index (χ4n) is 3.25. The fraction of sp³-hybridized carbons (Fsp3) is 0.875. The van der Waals surface area contributed by atoms with Crippen molar-refractivity contribution in [1.29, 1.82) is 0 Å². The van der Waals surface area contributed by atoms with Crippen LogP contribution in [0.3, 0.4) is 0 Å². The van der Waals surface area contributed by atoms with E-state index < -0.39 is 5.97 Å². The number of carbonyl (C=O) groups is 2. The molecule has 0 atom stereocenters. The van der Waals surface area contributed by atoms with Gasteiger partial charge in [-0.2, -0.15) is 0 Å². The van der Waals surface area contributed by atoms with Gasteiger partial charge in [-0.05, 0) is 38.5 Å². The first-order valence-electron chi connectivity index (χ1n) is 8.30. The van der Waals surface area contributed by atoms with Gasteiger partial charge < -0.3 is 14.7 Å². The summed E-state index contributed by atoms with van der Waals surface area (Å²) in [5.41, 5.74) is 0. The van der Waals surface area contributed by atoms with Crippen molar-refractivity contribution in [3.05, 3.63) is 0 Å². The molecule has 1 aliphatic heterocycles. The van der Waals surface area contributed by atoms with Crippen LogP contribution in [0.5, 0.6) is 0 Å². The van der Waals surface area contributed by atoms with Gasteiger partial charge in [0.25, 0.3) is 0 Å². The maximum atomic E-state index is 12.0. The number of nitrogens with zero attached hydrogens (tertiary/aromatic N) is 1. The maximum Gasteiger partial charge on any atom is 0.303 e. The summed E-state index contributed by atoms with van der Waals surface area (Å²) in [7, 11) is 0. The van der Waals surface area contributed by atoms with E-state index in [9.17, 15) is 9.59 Å². The number of ether oxygens (including phenoxy) is 1. The average Bonchev–Trinajstić information content (AvgIpc) is 2.97. The molecule has 5 nitrogen and oxygen atoms in total. The zero-order valence-electron chi connectivity index (χ0n) is 12.8. The summed E-state index contributed by atoms with van der Waals surface area (Å²) in [5.74, 6) is -0.618. The monoisotopic (exact) mass is 297 g/mol. The van der Waals surface area contributed by atoms with Gasteiger partial charge in [-0.15, -0.1) is 0 Å². The van der Waals surface area contributed by atoms with Gasteiger partial charge in [0, 0.05) is 25.9 Å². The Hall–Kier alpha value is -1.10. The van der Waals surface area contributed by atoms with Crippen LogP contribution in [0.2, 0.25) is 0 Å². The van der Waals surface area contributed by atoms with E-state index >= 15 is 0 Å². The van der Waals surface area contributed by atoms with Crippen LogP contribution in [0.25, 0.3) is 0 Å². The first-order chi connectivity index (χ1) is 10.1. The normalized spacial score (nSPS) is 20.9. The van der Waals surface area contributed by atoms with Gasteiger partial charge in [-0.3, -0.25) is 9.59 Å². The third kappa shape index (κ3) is 5.65. The van der Waals surface area contributed by atoms with E-state index in [4.69, 9.17) is 9.84 Å². The SMILES string of the molecule is O=C(O)CCCCC(=O)N1CCC(OC2CCCC2)CC1. The quantitative estimate of drug-likeness (QED) is 0.733. The second kappa shape index (κ2) is 8.37. The van der Waals surface area contributed by atoms with Gasteiger partial charge in [-0.25, -0.2) is 0 Å². The molecule has 1 amide bonds. The van der Waals surface area contributed by atoms with Gasteiger partial charge in [0.1, 0.15) is 0 Å². The Morgan fingerprint density at radius 2 is 1.52 bits per heavy atom. The van der Waals surface area contributed by atoms with Crippen molar-refractivity contribution in [3.63, 3.8) is 0 Å². The summed E-state index contributed by atoms with van der Waals surface area (Å²) >= 11 is 0. The van der Waals surface area contributed by atoms with Crippen LogP contribution in [0.15, 0.2) is 0 Å². The van der Waals surface area contributed by atoms with E-state index in [-0.39, 0.29) is 12.3 Å². The number of piperidine rings is 1. The Bertz CT molecular complexity index is 344. The highest BCUT2D eigenvalue weighted by molar-refractivity contribution is 5.76. The number of amides is 1. The van der Waals surface area contributed by atoms with Crippen molar-refractivity contribution in [2.45, 2.75) is 76.4 Å². The lowest BCUT2D eigenvalue weighted by molar-refractivity contribution is -0.138. The first kappa shape index (κ1) is 16.3. The van der Waals surface area contributed by atoms with Crippen LogP contribution in [0.1, 0.15) is 64.2 Å². The van der Waals surface area contributed by atoms with Crippen LogP contribution in [0.4, 0.5) is 0 Å². The minimum Gasteiger partial charge on any atom is -0.481 e. The van der Waals surface area contributed by atoms with Crippen LogP contribution in [0, 0.1) is 0 Å². The predicted molar refractivity (Wildman–Crippen MR) is 79.0 cm³/mol. The Labute approximate surface area is 126 Å². The number of carboxylic acid groups (broad SMARTS) is 1. The molecule has 2 aliphatic rings. The number of likely N-dealkylation sites (tertiary alicyclic amines) is 1. The molecule has 1 saturated carbocycles. The van der Waals surface area contributed by atoms with Crippen molar-refractivity contribution in [3.8, 4) is 0 Å². The summed E-state index contributed by atoms with van der Waals surface area (Å²) < 4.78 is 6.10. The lowest BCUT2D eigenvalue weighted by Gasteiger charge is -2.33. The molecule has 0 radical (unpaired) electrons. The van der Waals surface area contributed by atoms with Gasteiger partial charge in [-0.1, -0.05) is 12.8 Å². The van der Waals surface area contributed by atoms with Crippen molar-refractivity contribution < 1.29 is 19.4 Å². The van der Waals surface area contributed by atoms with Crippen molar-refractivity contribution in [2.75, 3.05) is 13.1 Å². The highest BCUT2D eigenvalue weighted by Gasteiger charge is 2.26. The Balaban J connectivity index is 1.59. The van der Waals surface area contributed by atoms with E-state index in [1.807, 2.05) is 4.90 Å². The molecular weight excluding hydrogens is 270 g/mol. The molecule has 1 saturated heterocycles. The van der Waals surface area contributed by atoms with Crippen molar-refractivity contribution in [1.82, 2.24) is 4.90 Å². The van der Waals surface area contributed by atoms with Gasteiger partial charge in [0.2, 0.25) is 5.91 Å². The number of carbonyl (C=O) groups excluding carboxylic acids is 1. The number of aliphatic carboxylic acids is 1. The standard InChI is InChI=1S/C16H27NO4/c18-15(7-3-4-8-16(19)20)17-11-9-14(10-12-17)21-13-5-1-2-6-13/h13-14H,1-12H2,(H,19,20). The second-order valence-corrected chi connectivity index (χ2v) is 6.22. The zero-order valence-corrected chi connectivity index (χ0v) is 12.8. The topological polar surface area (TPSA) is 66.8 Å². The van der Waals surface area contributed by atoms with Crippen LogP contribution in [-0.4, -0.2) is 47.2 Å². The second-order valence-electron chi connectivity index (χ2n) is 6.22. The van der Waals surface area contributed by atoms with Crippen LogP contribution < -0.4 is 0 Å². The average molecular weight is 297 g/mol. The molecule has 2 rings (SSSR count). The molecular formula is C16H27NO4. The minimum atomic E-state index is -0.785. The Kier molecular flexibility index (Phi) is 6.49. The Morgan fingerprint density at radius 3 is 2.14 bits per heavy atom. The zero-order chi connectivity index (χ0) is 15.1. The number of carboxylic acids is 1. The van der Waals surface area contributed by atoms with E-state index in [1.165, 1.54) is 25.7 Å². The molecule has 21 heavy (non-hydrogen) atoms. The highest BCUT2D eigenvalue weighted by atomic mass is 16.5. The van der Waals surface area contributed by atoms with Gasteiger partial charge in [0.15, 0.2) is 0 Å². The predicted octanol–water partition coefficient (Wildman–Crippen LogP) is 2.58. The summed E-state index contributed by atoms with van der Waals surface area (Å²) in [6.07, 6.45) is 9.52. The van der Waals surface area contributed by atoms with E-state index in [1.54, 1.807) is 0 Å². The molecule has 0 spiro atoms. The number of hydrogen-bond donors (Lipinski definition) is 1. The maximum absolute atomic E-state index is 12.0. The van der Waals surface area contributed by atoms with E-state index in [0.717, 1.165) is 25.9 Å². The van der Waals surface area contributed by atoms with Crippen molar-refractivity contribution in [2.24, 2.45) is 0 Å². The highest BCUT2D eigenvalue weighted by Crippen LogP contribution is 2.25. The molecule has 5 heteroatoms. The fourth-order valence-corrected chi connectivity index (χ4v) is 3.25. The van der Waals surface area contributed by atoms with Crippen molar-refractivity contribution >= 4 is 11.9 Å². The molecule has 120 valence electrons. The number of unbranched alkanes of at least 4 members (excludes halogenated alkanes) is 1. The third-order valence-electron chi connectivity index (χ3n) is 4.51. The smallest absolute Gasteiger partial charge is 0.303 e. The van der Waals surface area contributed by atoms with Crippen LogP contribution in [-0.2, 0) is 14.3 Å². The molecule has 0 aromatic carbocycles. The molecule has 1 heterocycles. The van der Waals surface area contributed by atoms with E-state index in [2.05, 4.69) is 0 Å². The lowest BCUT2D eigenvalue weighted by atomic mass is 10.1. The van der Waals surface area contributed by atoms with Gasteiger partial charge >= 0.3 is 5.97 Å². The van der Waals surface area contributed by atoms with E-state index in [0.29, 0.717) is 31.5 Å². The van der Waals surface area contributed by atoms with Crippen LogP contribution >= 0.6 is 0 Å². The third-order valence-corrected chi connectivity index (χ3v) is 4.51. The minimum absolute atomic E-state index is 0.157. The Morgan fingerprint density at radius 1 is 0.952 bits per heavy atom. The number of rotatable bonds is 7. The molecule has 2 fully saturated rings. The lowest BCUT2D eigenvalue weighted by Crippen LogP contribution is -2.41. The summed E-state index contributed by atoms with van der Waals surface area (Å²) in [6.45, 7) is 1.57.